The molecule has 2 rings (SSSR count). The van der Waals surface area contributed by atoms with Gasteiger partial charge in [-0.05, 0) is 44.1 Å². The third-order valence-corrected chi connectivity index (χ3v) is 3.85. The van der Waals surface area contributed by atoms with E-state index in [9.17, 15) is 5.26 Å². The summed E-state index contributed by atoms with van der Waals surface area (Å²) in [7, 11) is 1.64. The molecule has 0 N–H and O–H groups in total. The summed E-state index contributed by atoms with van der Waals surface area (Å²) < 4.78 is 6.19. The standard InChI is InChI=1S/C13H15BrN2O/c1-17-10-4-5-12(14)11(8-10)13(9-15)16-6-2-3-7-16/h4-5,8,13H,2-3,6-7H2,1H3. The van der Waals surface area contributed by atoms with Gasteiger partial charge < -0.3 is 4.74 Å². The van der Waals surface area contributed by atoms with Crippen LogP contribution in [0.1, 0.15) is 24.4 Å². The maximum absolute atomic E-state index is 9.37. The number of hydrogen-bond acceptors (Lipinski definition) is 3. The van der Waals surface area contributed by atoms with Gasteiger partial charge in [-0.15, -0.1) is 0 Å². The van der Waals surface area contributed by atoms with E-state index in [2.05, 4.69) is 26.9 Å². The third kappa shape index (κ3) is 2.62. The third-order valence-electron chi connectivity index (χ3n) is 3.13. The Morgan fingerprint density at radius 1 is 1.41 bits per heavy atom. The van der Waals surface area contributed by atoms with Crippen LogP contribution in [0.15, 0.2) is 22.7 Å². The maximum Gasteiger partial charge on any atom is 0.125 e. The summed E-state index contributed by atoms with van der Waals surface area (Å²) in [6.45, 7) is 2.00. The van der Waals surface area contributed by atoms with Crippen LogP contribution in [0.4, 0.5) is 0 Å². The SMILES string of the molecule is COc1ccc(Br)c(C(C#N)N2CCCC2)c1. The summed E-state index contributed by atoms with van der Waals surface area (Å²) >= 11 is 3.51. The van der Waals surface area contributed by atoms with Crippen molar-refractivity contribution in [2.75, 3.05) is 20.2 Å². The van der Waals surface area contributed by atoms with Gasteiger partial charge in [0.15, 0.2) is 0 Å². The highest BCUT2D eigenvalue weighted by Gasteiger charge is 2.25. The first-order valence-electron chi connectivity index (χ1n) is 5.73. The van der Waals surface area contributed by atoms with E-state index in [0.717, 1.165) is 28.9 Å². The van der Waals surface area contributed by atoms with Crippen molar-refractivity contribution >= 4 is 15.9 Å². The number of hydrogen-bond donors (Lipinski definition) is 0. The molecule has 4 heteroatoms. The second-order valence-corrected chi connectivity index (χ2v) is 5.02. The molecule has 1 aromatic rings. The lowest BCUT2D eigenvalue weighted by molar-refractivity contribution is 0.293. The van der Waals surface area contributed by atoms with Gasteiger partial charge in [-0.2, -0.15) is 5.26 Å². The van der Waals surface area contributed by atoms with Gasteiger partial charge in [-0.25, -0.2) is 0 Å². The van der Waals surface area contributed by atoms with Crippen LogP contribution in [-0.4, -0.2) is 25.1 Å². The largest absolute Gasteiger partial charge is 0.497 e. The molecule has 1 aromatic carbocycles. The minimum absolute atomic E-state index is 0.179. The van der Waals surface area contributed by atoms with E-state index in [0.29, 0.717) is 0 Å². The number of halogens is 1. The van der Waals surface area contributed by atoms with Crippen LogP contribution in [0.5, 0.6) is 5.75 Å². The normalized spacial score (nSPS) is 17.7. The van der Waals surface area contributed by atoms with Gasteiger partial charge in [0.2, 0.25) is 0 Å². The number of nitrogens with zero attached hydrogens (tertiary/aromatic N) is 2. The van der Waals surface area contributed by atoms with Crippen LogP contribution < -0.4 is 4.74 Å². The minimum atomic E-state index is -0.179. The molecule has 1 aliphatic rings. The average Bonchev–Trinajstić information content (AvgIpc) is 2.86. The fraction of sp³-hybridized carbons (Fsp3) is 0.462. The monoisotopic (exact) mass is 294 g/mol. The number of rotatable bonds is 3. The summed E-state index contributed by atoms with van der Waals surface area (Å²) in [4.78, 5) is 2.22. The van der Waals surface area contributed by atoms with E-state index < -0.39 is 0 Å². The Balaban J connectivity index is 2.32. The topological polar surface area (TPSA) is 36.3 Å². The molecule has 90 valence electrons. The molecule has 1 fully saturated rings. The lowest BCUT2D eigenvalue weighted by atomic mass is 10.1. The van der Waals surface area contributed by atoms with Crippen LogP contribution in [0.3, 0.4) is 0 Å². The highest BCUT2D eigenvalue weighted by Crippen LogP contribution is 2.32. The summed E-state index contributed by atoms with van der Waals surface area (Å²) in [5.41, 5.74) is 0.994. The number of benzene rings is 1. The van der Waals surface area contributed by atoms with Crippen molar-refractivity contribution in [2.45, 2.75) is 18.9 Å². The number of nitriles is 1. The van der Waals surface area contributed by atoms with Crippen LogP contribution in [-0.2, 0) is 0 Å². The van der Waals surface area contributed by atoms with Gasteiger partial charge in [0.25, 0.3) is 0 Å². The zero-order valence-electron chi connectivity index (χ0n) is 9.82. The molecule has 3 nitrogen and oxygen atoms in total. The predicted octanol–water partition coefficient (Wildman–Crippen LogP) is 3.12. The lowest BCUT2D eigenvalue weighted by Crippen LogP contribution is -2.24. The molecule has 1 atom stereocenters. The molecule has 1 heterocycles. The van der Waals surface area contributed by atoms with Crippen LogP contribution in [0.25, 0.3) is 0 Å². The second-order valence-electron chi connectivity index (χ2n) is 4.16. The molecule has 0 saturated carbocycles. The van der Waals surface area contributed by atoms with E-state index in [1.165, 1.54) is 12.8 Å². The van der Waals surface area contributed by atoms with Crippen molar-refractivity contribution < 1.29 is 4.74 Å². The summed E-state index contributed by atoms with van der Waals surface area (Å²) in [6, 6.07) is 7.99. The fourth-order valence-corrected chi connectivity index (χ4v) is 2.67. The molecule has 0 aliphatic carbocycles. The van der Waals surface area contributed by atoms with E-state index in [1.807, 2.05) is 18.2 Å². The molecule has 0 radical (unpaired) electrons. The van der Waals surface area contributed by atoms with Crippen molar-refractivity contribution in [2.24, 2.45) is 0 Å². The Kier molecular flexibility index (Phi) is 4.03. The second kappa shape index (κ2) is 5.52. The summed E-state index contributed by atoms with van der Waals surface area (Å²) in [5, 5.41) is 9.37. The molecule has 0 amide bonds. The smallest absolute Gasteiger partial charge is 0.125 e. The van der Waals surface area contributed by atoms with Gasteiger partial charge >= 0.3 is 0 Å². The Morgan fingerprint density at radius 2 is 2.12 bits per heavy atom. The highest BCUT2D eigenvalue weighted by atomic mass is 79.9. The first-order chi connectivity index (χ1) is 8.26. The molecule has 1 aliphatic heterocycles. The Hall–Kier alpha value is -1.05. The van der Waals surface area contributed by atoms with Crippen molar-refractivity contribution in [3.8, 4) is 11.8 Å². The Morgan fingerprint density at radius 3 is 2.71 bits per heavy atom. The molecule has 0 bridgehead atoms. The zero-order chi connectivity index (χ0) is 12.3. The van der Waals surface area contributed by atoms with E-state index >= 15 is 0 Å². The average molecular weight is 295 g/mol. The van der Waals surface area contributed by atoms with Gasteiger partial charge in [-0.1, -0.05) is 15.9 Å². The Labute approximate surface area is 110 Å². The van der Waals surface area contributed by atoms with Crippen molar-refractivity contribution in [1.82, 2.24) is 4.90 Å². The van der Waals surface area contributed by atoms with Gasteiger partial charge in [0, 0.05) is 10.0 Å². The quantitative estimate of drug-likeness (QED) is 0.859. The van der Waals surface area contributed by atoms with Gasteiger partial charge in [0.1, 0.15) is 11.8 Å². The first-order valence-corrected chi connectivity index (χ1v) is 6.52. The summed E-state index contributed by atoms with van der Waals surface area (Å²) in [6.07, 6.45) is 2.36. The molecule has 1 saturated heterocycles. The highest BCUT2D eigenvalue weighted by molar-refractivity contribution is 9.10. The fourth-order valence-electron chi connectivity index (χ4n) is 2.21. The predicted molar refractivity (Wildman–Crippen MR) is 69.9 cm³/mol. The molecule has 1 unspecified atom stereocenters. The first kappa shape index (κ1) is 12.4. The molecule has 17 heavy (non-hydrogen) atoms. The van der Waals surface area contributed by atoms with E-state index in [4.69, 9.17) is 4.74 Å². The molecular formula is C13H15BrN2O. The van der Waals surface area contributed by atoms with Crippen molar-refractivity contribution in [1.29, 1.82) is 5.26 Å². The zero-order valence-corrected chi connectivity index (χ0v) is 11.4. The molecule has 0 spiro atoms. The van der Waals surface area contributed by atoms with Crippen LogP contribution in [0.2, 0.25) is 0 Å². The maximum atomic E-state index is 9.37. The molecule has 0 aromatic heterocycles. The minimum Gasteiger partial charge on any atom is -0.497 e. The van der Waals surface area contributed by atoms with Gasteiger partial charge in [-0.3, -0.25) is 4.90 Å². The van der Waals surface area contributed by atoms with Gasteiger partial charge in [0.05, 0.1) is 13.2 Å². The van der Waals surface area contributed by atoms with E-state index in [-0.39, 0.29) is 6.04 Å². The van der Waals surface area contributed by atoms with Crippen LogP contribution in [0, 0.1) is 11.3 Å². The number of ether oxygens (including phenoxy) is 1. The number of methoxy groups -OCH3 is 1. The van der Waals surface area contributed by atoms with Crippen molar-refractivity contribution in [3.05, 3.63) is 28.2 Å². The Bertz CT molecular complexity index is 436. The van der Waals surface area contributed by atoms with Crippen LogP contribution >= 0.6 is 15.9 Å². The molecular weight excluding hydrogens is 280 g/mol. The lowest BCUT2D eigenvalue weighted by Gasteiger charge is -2.22. The summed E-state index contributed by atoms with van der Waals surface area (Å²) in [5.74, 6) is 0.794. The van der Waals surface area contributed by atoms with E-state index in [1.54, 1.807) is 7.11 Å². The van der Waals surface area contributed by atoms with Crippen molar-refractivity contribution in [3.63, 3.8) is 0 Å². The number of likely N-dealkylation sites (tertiary alicyclic amines) is 1.